The van der Waals surface area contributed by atoms with Crippen molar-refractivity contribution in [3.05, 3.63) is 58.1 Å². The predicted octanol–water partition coefficient (Wildman–Crippen LogP) is 3.85. The van der Waals surface area contributed by atoms with Crippen LogP contribution in [0.25, 0.3) is 0 Å². The molecule has 2 aromatic rings. The van der Waals surface area contributed by atoms with Gasteiger partial charge in [-0.15, -0.1) is 0 Å². The van der Waals surface area contributed by atoms with Crippen LogP contribution in [0.15, 0.2) is 47.5 Å². The van der Waals surface area contributed by atoms with Gasteiger partial charge in [-0.3, -0.25) is 4.79 Å². The van der Waals surface area contributed by atoms with Gasteiger partial charge in [0.05, 0.1) is 41.8 Å². The predicted molar refractivity (Wildman–Crippen MR) is 122 cm³/mol. The van der Waals surface area contributed by atoms with E-state index in [0.717, 1.165) is 5.56 Å². The Hall–Kier alpha value is -1.74. The van der Waals surface area contributed by atoms with Gasteiger partial charge in [0.25, 0.3) is 5.91 Å². The average molecular weight is 485 g/mol. The Morgan fingerprint density at radius 3 is 2.60 bits per heavy atom. The summed E-state index contributed by atoms with van der Waals surface area (Å²) >= 11 is 13.7. The van der Waals surface area contributed by atoms with Crippen molar-refractivity contribution in [2.45, 2.75) is 17.7 Å². The first-order valence-corrected chi connectivity index (χ1v) is 12.6. The Balaban J connectivity index is 1.63. The van der Waals surface area contributed by atoms with E-state index < -0.39 is 9.84 Å². The monoisotopic (exact) mass is 484 g/mol. The minimum absolute atomic E-state index is 0.00465. The van der Waals surface area contributed by atoms with Gasteiger partial charge < -0.3 is 9.64 Å². The molecule has 158 valence electrons. The number of thioether (sulfide) groups is 1. The summed E-state index contributed by atoms with van der Waals surface area (Å²) in [4.78, 5) is 18.7. The molecule has 2 atom stereocenters. The zero-order valence-electron chi connectivity index (χ0n) is 15.9. The first-order valence-electron chi connectivity index (χ1n) is 9.11. The Morgan fingerprint density at radius 2 is 1.93 bits per heavy atom. The third kappa shape index (κ3) is 4.46. The summed E-state index contributed by atoms with van der Waals surface area (Å²) in [5.74, 6) is 0.437. The smallest absolute Gasteiger partial charge is 0.252 e. The molecule has 2 aromatic carbocycles. The van der Waals surface area contributed by atoms with Crippen molar-refractivity contribution in [1.29, 1.82) is 0 Å². The number of sulfone groups is 1. The molecule has 2 aliphatic rings. The number of amidine groups is 1. The standard InChI is InChI=1S/C20H18Cl2N2O4S2/c1-28-14-5-2-12(3-6-14)8-19(25)23-20-24(16-7-4-13(21)9-15(16)22)17-10-30(26,27)11-18(17)29-20/h2-7,9,17-18H,8,10-11H2,1H3. The van der Waals surface area contributed by atoms with Crippen molar-refractivity contribution < 1.29 is 17.9 Å². The van der Waals surface area contributed by atoms with Crippen LogP contribution in [0.3, 0.4) is 0 Å². The number of ether oxygens (including phenoxy) is 1. The third-order valence-corrected chi connectivity index (χ3v) is 8.72. The van der Waals surface area contributed by atoms with Crippen LogP contribution >= 0.6 is 35.0 Å². The van der Waals surface area contributed by atoms with E-state index in [2.05, 4.69) is 4.99 Å². The van der Waals surface area contributed by atoms with E-state index in [-0.39, 0.29) is 35.1 Å². The number of carbonyl (C=O) groups is 1. The van der Waals surface area contributed by atoms with Crippen LogP contribution in [-0.2, 0) is 21.1 Å². The Labute approximate surface area is 189 Å². The molecule has 0 spiro atoms. The van der Waals surface area contributed by atoms with Crippen LogP contribution in [0.5, 0.6) is 5.75 Å². The lowest BCUT2D eigenvalue weighted by molar-refractivity contribution is -0.117. The molecule has 2 heterocycles. The van der Waals surface area contributed by atoms with Crippen LogP contribution in [0.2, 0.25) is 10.0 Å². The van der Waals surface area contributed by atoms with Crippen molar-refractivity contribution in [2.75, 3.05) is 23.5 Å². The van der Waals surface area contributed by atoms with E-state index >= 15 is 0 Å². The fraction of sp³-hybridized carbons (Fsp3) is 0.300. The zero-order chi connectivity index (χ0) is 21.5. The van der Waals surface area contributed by atoms with Gasteiger partial charge in [0.15, 0.2) is 15.0 Å². The van der Waals surface area contributed by atoms with Crippen molar-refractivity contribution in [2.24, 2.45) is 4.99 Å². The summed E-state index contributed by atoms with van der Waals surface area (Å²) in [6, 6.07) is 11.9. The van der Waals surface area contributed by atoms with Crippen LogP contribution in [0.4, 0.5) is 5.69 Å². The molecule has 0 aromatic heterocycles. The Morgan fingerprint density at radius 1 is 1.20 bits per heavy atom. The summed E-state index contributed by atoms with van der Waals surface area (Å²) in [6.45, 7) is 0. The van der Waals surface area contributed by atoms with Gasteiger partial charge in [-0.25, -0.2) is 8.42 Å². The summed E-state index contributed by atoms with van der Waals surface area (Å²) in [5.41, 5.74) is 1.40. The first kappa shape index (κ1) is 21.5. The number of rotatable bonds is 4. The third-order valence-electron chi connectivity index (χ3n) is 4.97. The second-order valence-corrected chi connectivity index (χ2v) is 11.3. The number of carbonyl (C=O) groups excluding carboxylic acids is 1. The highest BCUT2D eigenvalue weighted by Crippen LogP contribution is 2.43. The van der Waals surface area contributed by atoms with Gasteiger partial charge in [0.1, 0.15) is 5.75 Å². The fourth-order valence-corrected chi connectivity index (χ4v) is 8.01. The van der Waals surface area contributed by atoms with Crippen LogP contribution < -0.4 is 9.64 Å². The second-order valence-electron chi connectivity index (χ2n) is 7.08. The highest BCUT2D eigenvalue weighted by atomic mass is 35.5. The van der Waals surface area contributed by atoms with E-state index in [4.69, 9.17) is 27.9 Å². The lowest BCUT2D eigenvalue weighted by Crippen LogP contribution is -2.38. The molecule has 0 N–H and O–H groups in total. The SMILES string of the molecule is COc1ccc(CC(=O)N=C2SC3CS(=O)(=O)CC3N2c2ccc(Cl)cc2Cl)cc1. The lowest BCUT2D eigenvalue weighted by Gasteiger charge is -2.25. The first-order chi connectivity index (χ1) is 14.3. The molecule has 2 unspecified atom stereocenters. The number of fused-ring (bicyclic) bond motifs is 1. The average Bonchev–Trinajstić information content (AvgIpc) is 3.13. The molecule has 2 aliphatic heterocycles. The second kappa shape index (κ2) is 8.42. The maximum absolute atomic E-state index is 12.7. The van der Waals surface area contributed by atoms with Crippen molar-refractivity contribution in [3.8, 4) is 5.75 Å². The molecular formula is C20H18Cl2N2O4S2. The molecule has 10 heteroatoms. The molecule has 4 rings (SSSR count). The summed E-state index contributed by atoms with van der Waals surface area (Å²) < 4.78 is 29.5. The molecule has 0 aliphatic carbocycles. The van der Waals surface area contributed by atoms with Gasteiger partial charge in [0, 0.05) is 10.3 Å². The number of hydrogen-bond acceptors (Lipinski definition) is 5. The molecule has 6 nitrogen and oxygen atoms in total. The van der Waals surface area contributed by atoms with Crippen molar-refractivity contribution in [1.82, 2.24) is 0 Å². The number of halogens is 2. The van der Waals surface area contributed by atoms with Crippen molar-refractivity contribution >= 4 is 61.6 Å². The molecule has 0 saturated carbocycles. The summed E-state index contributed by atoms with van der Waals surface area (Å²) in [6.07, 6.45) is 0.129. The molecule has 2 fully saturated rings. The van der Waals surface area contributed by atoms with Gasteiger partial charge in [-0.05, 0) is 35.9 Å². The van der Waals surface area contributed by atoms with E-state index in [1.807, 2.05) is 12.1 Å². The number of anilines is 1. The largest absolute Gasteiger partial charge is 0.497 e. The van der Waals surface area contributed by atoms with Crippen LogP contribution in [0.1, 0.15) is 5.56 Å². The number of hydrogen-bond donors (Lipinski definition) is 0. The minimum atomic E-state index is -3.16. The Bertz CT molecular complexity index is 1120. The maximum Gasteiger partial charge on any atom is 0.252 e. The van der Waals surface area contributed by atoms with Crippen LogP contribution in [-0.4, -0.2) is 49.4 Å². The fourth-order valence-electron chi connectivity index (χ4n) is 3.59. The maximum atomic E-state index is 12.7. The normalized spacial score (nSPS) is 23.6. The van der Waals surface area contributed by atoms with E-state index in [9.17, 15) is 13.2 Å². The molecule has 2 saturated heterocycles. The number of methoxy groups -OCH3 is 1. The highest BCUT2D eigenvalue weighted by molar-refractivity contribution is 8.16. The molecule has 0 bridgehead atoms. The van der Waals surface area contributed by atoms with Gasteiger partial charge >= 0.3 is 0 Å². The van der Waals surface area contributed by atoms with Gasteiger partial charge in [0.2, 0.25) is 0 Å². The highest BCUT2D eigenvalue weighted by Gasteiger charge is 2.49. The van der Waals surface area contributed by atoms with Gasteiger partial charge in [-0.1, -0.05) is 47.1 Å². The molecular weight excluding hydrogens is 467 g/mol. The quantitative estimate of drug-likeness (QED) is 0.655. The van der Waals surface area contributed by atoms with Crippen molar-refractivity contribution in [3.63, 3.8) is 0 Å². The summed E-state index contributed by atoms with van der Waals surface area (Å²) in [5, 5.41) is 1.11. The van der Waals surface area contributed by atoms with E-state index in [1.165, 1.54) is 11.8 Å². The van der Waals surface area contributed by atoms with E-state index in [0.29, 0.717) is 26.6 Å². The van der Waals surface area contributed by atoms with E-state index in [1.54, 1.807) is 42.3 Å². The van der Waals surface area contributed by atoms with Crippen LogP contribution in [0, 0.1) is 0 Å². The number of benzene rings is 2. The number of aliphatic imine (C=N–C) groups is 1. The topological polar surface area (TPSA) is 76.0 Å². The molecule has 1 amide bonds. The zero-order valence-corrected chi connectivity index (χ0v) is 19.1. The van der Waals surface area contributed by atoms with Gasteiger partial charge in [-0.2, -0.15) is 4.99 Å². The Kier molecular flexibility index (Phi) is 6.03. The number of nitrogens with zero attached hydrogens (tertiary/aromatic N) is 2. The number of amides is 1. The minimum Gasteiger partial charge on any atom is -0.497 e. The molecule has 30 heavy (non-hydrogen) atoms. The summed E-state index contributed by atoms with van der Waals surface area (Å²) in [7, 11) is -1.58. The lowest BCUT2D eigenvalue weighted by atomic mass is 10.1. The molecule has 0 radical (unpaired) electrons.